The normalized spacial score (nSPS) is 12.7. The molecule has 0 spiro atoms. The lowest BCUT2D eigenvalue weighted by molar-refractivity contribution is -0.167. The summed E-state index contributed by atoms with van der Waals surface area (Å²) in [5.74, 6) is -0.977. The van der Waals surface area contributed by atoms with Crippen LogP contribution in [-0.4, -0.2) is 37.2 Å². The molecule has 0 aliphatic heterocycles. The molecule has 0 saturated heterocycles. The molecule has 0 aromatic heterocycles. The maximum atomic E-state index is 12.8. The lowest BCUT2D eigenvalue weighted by atomic mass is 10.0. The van der Waals surface area contributed by atoms with E-state index < -0.39 is 6.10 Å². The highest BCUT2D eigenvalue weighted by Crippen LogP contribution is 2.14. The molecule has 0 rings (SSSR count). The van der Waals surface area contributed by atoms with Gasteiger partial charge < -0.3 is 14.2 Å². The van der Waals surface area contributed by atoms with Crippen molar-refractivity contribution < 1.29 is 28.6 Å². The van der Waals surface area contributed by atoms with Crippen LogP contribution in [0.1, 0.15) is 258 Å². The topological polar surface area (TPSA) is 78.9 Å². The third kappa shape index (κ3) is 51.6. The third-order valence-corrected chi connectivity index (χ3v) is 11.7. The maximum absolute atomic E-state index is 12.8. The zero-order valence-corrected chi connectivity index (χ0v) is 43.2. The Morgan fingerprint density at radius 2 is 0.621 bits per heavy atom. The fraction of sp³-hybridized carbons (Fsp3) is 0.717. The third-order valence-electron chi connectivity index (χ3n) is 11.7. The van der Waals surface area contributed by atoms with E-state index in [1.54, 1.807) is 0 Å². The van der Waals surface area contributed by atoms with Crippen molar-refractivity contribution in [1.29, 1.82) is 0 Å². The average molecular weight is 919 g/mol. The van der Waals surface area contributed by atoms with Gasteiger partial charge in [-0.1, -0.05) is 241 Å². The summed E-state index contributed by atoms with van der Waals surface area (Å²) < 4.78 is 16.8. The Hall–Kier alpha value is -3.41. The standard InChI is InChI=1S/C60H102O6/c1-4-7-10-13-16-19-22-25-27-29-31-32-35-38-41-44-47-50-53-59(62)65-56-57(55-64-58(61)52-49-46-43-40-37-34-24-21-18-15-12-9-6-3)66-60(63)54-51-48-45-42-39-36-33-30-28-26-23-20-17-14-11-8-5-2/h17,20,22,25-29,31-33,36,42,45,57H,4-16,18-19,21,23-24,30,34-35,37-41,43-44,46-56H2,1-3H3/b20-17-,25-22-,28-26-,29-27-,32-31-,36-33-,45-42-. The second-order valence-corrected chi connectivity index (χ2v) is 18.2. The van der Waals surface area contributed by atoms with E-state index in [2.05, 4.69) is 106 Å². The van der Waals surface area contributed by atoms with Crippen molar-refractivity contribution >= 4 is 17.9 Å². The highest BCUT2D eigenvalue weighted by Gasteiger charge is 2.19. The highest BCUT2D eigenvalue weighted by atomic mass is 16.6. The van der Waals surface area contributed by atoms with Gasteiger partial charge in [0.25, 0.3) is 0 Å². The number of ether oxygens (including phenoxy) is 3. The molecular formula is C60H102O6. The van der Waals surface area contributed by atoms with E-state index in [1.807, 2.05) is 0 Å². The van der Waals surface area contributed by atoms with Crippen LogP contribution in [0.5, 0.6) is 0 Å². The molecule has 0 saturated carbocycles. The fourth-order valence-electron chi connectivity index (χ4n) is 7.49. The fourth-order valence-corrected chi connectivity index (χ4v) is 7.49. The Kier molecular flexibility index (Phi) is 51.4. The van der Waals surface area contributed by atoms with Crippen LogP contribution in [0.25, 0.3) is 0 Å². The van der Waals surface area contributed by atoms with E-state index in [-0.39, 0.29) is 37.5 Å². The van der Waals surface area contributed by atoms with Gasteiger partial charge in [0.15, 0.2) is 6.10 Å². The first kappa shape index (κ1) is 62.6. The Morgan fingerprint density at radius 3 is 1.05 bits per heavy atom. The Bertz CT molecular complexity index is 1290. The summed E-state index contributed by atoms with van der Waals surface area (Å²) in [6.07, 6.45) is 70.0. The zero-order chi connectivity index (χ0) is 47.9. The summed E-state index contributed by atoms with van der Waals surface area (Å²) in [5, 5.41) is 0. The molecule has 0 aliphatic carbocycles. The van der Waals surface area contributed by atoms with E-state index >= 15 is 0 Å². The van der Waals surface area contributed by atoms with Crippen LogP contribution in [0.15, 0.2) is 85.1 Å². The van der Waals surface area contributed by atoms with Crippen molar-refractivity contribution in [1.82, 2.24) is 0 Å². The minimum Gasteiger partial charge on any atom is -0.462 e. The van der Waals surface area contributed by atoms with Crippen LogP contribution in [0.2, 0.25) is 0 Å². The molecule has 1 atom stereocenters. The lowest BCUT2D eigenvalue weighted by Crippen LogP contribution is -2.30. The lowest BCUT2D eigenvalue weighted by Gasteiger charge is -2.18. The van der Waals surface area contributed by atoms with Crippen molar-refractivity contribution in [2.24, 2.45) is 0 Å². The average Bonchev–Trinajstić information content (AvgIpc) is 3.31. The quantitative estimate of drug-likeness (QED) is 0.0199. The van der Waals surface area contributed by atoms with Crippen molar-refractivity contribution in [2.45, 2.75) is 264 Å². The molecule has 0 radical (unpaired) electrons. The molecule has 378 valence electrons. The number of rotatable bonds is 49. The zero-order valence-electron chi connectivity index (χ0n) is 43.2. The van der Waals surface area contributed by atoms with Gasteiger partial charge in [-0.3, -0.25) is 14.4 Å². The van der Waals surface area contributed by atoms with Gasteiger partial charge in [-0.15, -0.1) is 0 Å². The Balaban J connectivity index is 4.51. The van der Waals surface area contributed by atoms with Crippen LogP contribution in [0, 0.1) is 0 Å². The van der Waals surface area contributed by atoms with Crippen LogP contribution >= 0.6 is 0 Å². The molecule has 0 aliphatic rings. The van der Waals surface area contributed by atoms with Gasteiger partial charge in [0.2, 0.25) is 0 Å². The van der Waals surface area contributed by atoms with Crippen LogP contribution in [-0.2, 0) is 28.6 Å². The number of allylic oxidation sites excluding steroid dienone is 14. The second-order valence-electron chi connectivity index (χ2n) is 18.2. The minimum atomic E-state index is -0.812. The Labute approximate surface area is 407 Å². The Morgan fingerprint density at radius 1 is 0.318 bits per heavy atom. The summed E-state index contributed by atoms with van der Waals surface area (Å²) in [4.78, 5) is 38.0. The van der Waals surface area contributed by atoms with Gasteiger partial charge >= 0.3 is 17.9 Å². The molecule has 0 bridgehead atoms. The van der Waals surface area contributed by atoms with Crippen molar-refractivity contribution in [2.75, 3.05) is 13.2 Å². The summed E-state index contributed by atoms with van der Waals surface area (Å²) in [6.45, 7) is 6.54. The summed E-state index contributed by atoms with van der Waals surface area (Å²) in [5.41, 5.74) is 0. The summed E-state index contributed by atoms with van der Waals surface area (Å²) >= 11 is 0. The smallest absolute Gasteiger partial charge is 0.306 e. The molecule has 0 aromatic carbocycles. The number of hydrogen-bond acceptors (Lipinski definition) is 6. The number of unbranched alkanes of at least 4 members (excludes halogenated alkanes) is 26. The van der Waals surface area contributed by atoms with Crippen LogP contribution in [0.3, 0.4) is 0 Å². The first-order valence-electron chi connectivity index (χ1n) is 27.6. The van der Waals surface area contributed by atoms with E-state index in [0.29, 0.717) is 19.3 Å². The number of carbonyl (C=O) groups is 3. The van der Waals surface area contributed by atoms with E-state index in [1.165, 1.54) is 122 Å². The number of carbonyl (C=O) groups excluding carboxylic acids is 3. The predicted molar refractivity (Wildman–Crippen MR) is 284 cm³/mol. The molecule has 0 heterocycles. The van der Waals surface area contributed by atoms with Crippen molar-refractivity contribution in [3.05, 3.63) is 85.1 Å². The molecule has 0 fully saturated rings. The maximum Gasteiger partial charge on any atom is 0.306 e. The molecule has 0 N–H and O–H groups in total. The van der Waals surface area contributed by atoms with Gasteiger partial charge in [0.1, 0.15) is 13.2 Å². The molecule has 6 heteroatoms. The van der Waals surface area contributed by atoms with Crippen molar-refractivity contribution in [3.8, 4) is 0 Å². The summed E-state index contributed by atoms with van der Waals surface area (Å²) in [7, 11) is 0. The minimum absolute atomic E-state index is 0.104. The molecule has 0 aromatic rings. The second kappa shape index (κ2) is 54.2. The van der Waals surface area contributed by atoms with Gasteiger partial charge in [-0.25, -0.2) is 0 Å². The first-order valence-corrected chi connectivity index (χ1v) is 27.6. The SMILES string of the molecule is CCCCC/C=C\C/C=C\C/C=C\C/C=C\CCCC(=O)OC(COC(=O)CCCCCCC\C=C/C=C\C=C/CCCCCCC)COC(=O)CCCCCCCCCCCCCCC. The highest BCUT2D eigenvalue weighted by molar-refractivity contribution is 5.71. The van der Waals surface area contributed by atoms with Gasteiger partial charge in [0.05, 0.1) is 0 Å². The molecule has 1 unspecified atom stereocenters. The molecule has 66 heavy (non-hydrogen) atoms. The number of hydrogen-bond donors (Lipinski definition) is 0. The van der Waals surface area contributed by atoms with E-state index in [4.69, 9.17) is 14.2 Å². The van der Waals surface area contributed by atoms with Gasteiger partial charge in [0, 0.05) is 19.3 Å². The van der Waals surface area contributed by atoms with Gasteiger partial charge in [-0.05, 0) is 83.5 Å². The van der Waals surface area contributed by atoms with Crippen LogP contribution in [0.4, 0.5) is 0 Å². The first-order chi connectivity index (χ1) is 32.5. The van der Waals surface area contributed by atoms with E-state index in [9.17, 15) is 14.4 Å². The predicted octanol–water partition coefficient (Wildman–Crippen LogP) is 18.4. The molecule has 0 amide bonds. The largest absolute Gasteiger partial charge is 0.462 e. The van der Waals surface area contributed by atoms with Gasteiger partial charge in [-0.2, -0.15) is 0 Å². The summed E-state index contributed by atoms with van der Waals surface area (Å²) in [6, 6.07) is 0. The van der Waals surface area contributed by atoms with Crippen molar-refractivity contribution in [3.63, 3.8) is 0 Å². The van der Waals surface area contributed by atoms with Crippen LogP contribution < -0.4 is 0 Å². The van der Waals surface area contributed by atoms with E-state index in [0.717, 1.165) is 89.9 Å². The number of esters is 3. The molecule has 6 nitrogen and oxygen atoms in total. The monoisotopic (exact) mass is 919 g/mol. The molecular weight excluding hydrogens is 817 g/mol.